The van der Waals surface area contributed by atoms with E-state index in [2.05, 4.69) is 20.6 Å². The third-order valence-corrected chi connectivity index (χ3v) is 3.09. The van der Waals surface area contributed by atoms with Crippen LogP contribution in [0.25, 0.3) is 0 Å². The van der Waals surface area contributed by atoms with Gasteiger partial charge in [0, 0.05) is 45.2 Å². The molecule has 0 aliphatic carbocycles. The minimum atomic E-state index is 0.472. The molecule has 1 aromatic heterocycles. The smallest absolute Gasteiger partial charge is 0.218 e. The molecular weight excluding hydrogens is 308 g/mol. The van der Waals surface area contributed by atoms with Crippen LogP contribution in [-0.2, 0) is 16.0 Å². The molecule has 0 fully saturated rings. The molecule has 1 aromatic rings. The predicted molar refractivity (Wildman–Crippen MR) is 95.5 cm³/mol. The molecule has 136 valence electrons. The van der Waals surface area contributed by atoms with Crippen LogP contribution in [0.2, 0.25) is 0 Å². The summed E-state index contributed by atoms with van der Waals surface area (Å²) in [7, 11) is 1.65. The first kappa shape index (κ1) is 20.2. The zero-order valence-electron chi connectivity index (χ0n) is 15.0. The maximum atomic E-state index is 5.63. The molecule has 0 bridgehead atoms. The van der Waals surface area contributed by atoms with E-state index in [1.807, 2.05) is 26.0 Å². The van der Waals surface area contributed by atoms with Gasteiger partial charge in [0.1, 0.15) is 6.61 Å². The number of nitrogens with one attached hydrogen (secondary N) is 2. The summed E-state index contributed by atoms with van der Waals surface area (Å²) in [6.45, 7) is 8.67. The fourth-order valence-corrected chi connectivity index (χ4v) is 1.93. The molecule has 0 aliphatic rings. The minimum Gasteiger partial charge on any atom is -0.475 e. The van der Waals surface area contributed by atoms with Crippen molar-refractivity contribution in [1.82, 2.24) is 15.6 Å². The fraction of sp³-hybridized carbons (Fsp3) is 0.647. The first-order chi connectivity index (χ1) is 11.8. The van der Waals surface area contributed by atoms with Crippen molar-refractivity contribution in [3.8, 4) is 5.88 Å². The number of hydrogen-bond donors (Lipinski definition) is 2. The molecule has 0 amide bonds. The Kier molecular flexibility index (Phi) is 11.4. The molecule has 0 aliphatic heterocycles. The lowest BCUT2D eigenvalue weighted by molar-refractivity contribution is 0.143. The van der Waals surface area contributed by atoms with Gasteiger partial charge >= 0.3 is 0 Å². The zero-order valence-corrected chi connectivity index (χ0v) is 15.0. The topological polar surface area (TPSA) is 77.0 Å². The Morgan fingerprint density at radius 2 is 2.08 bits per heavy atom. The van der Waals surface area contributed by atoms with Crippen LogP contribution in [0.4, 0.5) is 0 Å². The van der Waals surface area contributed by atoms with Gasteiger partial charge in [0.15, 0.2) is 5.96 Å². The Labute approximate surface area is 144 Å². The maximum absolute atomic E-state index is 5.63. The number of aliphatic imine (C=N–C) groups is 1. The van der Waals surface area contributed by atoms with Crippen LogP contribution in [0.3, 0.4) is 0 Å². The lowest BCUT2D eigenvalue weighted by atomic mass is 10.3. The van der Waals surface area contributed by atoms with Gasteiger partial charge in [-0.1, -0.05) is 6.07 Å². The van der Waals surface area contributed by atoms with Gasteiger partial charge in [-0.3, -0.25) is 0 Å². The van der Waals surface area contributed by atoms with Crippen molar-refractivity contribution in [3.05, 3.63) is 23.9 Å². The van der Waals surface area contributed by atoms with Crippen LogP contribution in [0.5, 0.6) is 5.88 Å². The maximum Gasteiger partial charge on any atom is 0.218 e. The second kappa shape index (κ2) is 13.6. The van der Waals surface area contributed by atoms with Gasteiger partial charge in [-0.25, -0.2) is 9.98 Å². The summed E-state index contributed by atoms with van der Waals surface area (Å²) < 4.78 is 16.0. The molecule has 0 saturated carbocycles. The third kappa shape index (κ3) is 8.69. The van der Waals surface area contributed by atoms with Crippen molar-refractivity contribution in [3.63, 3.8) is 0 Å². The van der Waals surface area contributed by atoms with Gasteiger partial charge in [0.05, 0.1) is 13.2 Å². The van der Waals surface area contributed by atoms with Crippen molar-refractivity contribution >= 4 is 5.96 Å². The van der Waals surface area contributed by atoms with Gasteiger partial charge < -0.3 is 24.8 Å². The number of hydrogen-bond acceptors (Lipinski definition) is 5. The van der Waals surface area contributed by atoms with Gasteiger partial charge in [0.25, 0.3) is 0 Å². The molecular formula is C17H30N4O3. The molecule has 7 heteroatoms. The summed E-state index contributed by atoms with van der Waals surface area (Å²) in [5.74, 6) is 1.38. The summed E-state index contributed by atoms with van der Waals surface area (Å²) in [6.07, 6.45) is 2.66. The average molecular weight is 338 g/mol. The van der Waals surface area contributed by atoms with Gasteiger partial charge in [-0.15, -0.1) is 0 Å². The number of ether oxygens (including phenoxy) is 3. The van der Waals surface area contributed by atoms with Crippen LogP contribution in [-0.4, -0.2) is 57.6 Å². The monoisotopic (exact) mass is 338 g/mol. The standard InChI is InChI=1S/C17H30N4O3/c1-4-18-17(20-10-7-11-23-5-2)21-14-15-8-6-9-19-16(15)24-13-12-22-3/h6,8-9H,4-5,7,10-14H2,1-3H3,(H2,18,20,21). The van der Waals surface area contributed by atoms with Crippen LogP contribution in [0.1, 0.15) is 25.8 Å². The van der Waals surface area contributed by atoms with E-state index >= 15 is 0 Å². The van der Waals surface area contributed by atoms with E-state index in [1.165, 1.54) is 0 Å². The average Bonchev–Trinajstić information content (AvgIpc) is 2.60. The minimum absolute atomic E-state index is 0.472. The second-order valence-corrected chi connectivity index (χ2v) is 4.98. The fourth-order valence-electron chi connectivity index (χ4n) is 1.93. The summed E-state index contributed by atoms with van der Waals surface area (Å²) in [4.78, 5) is 8.86. The van der Waals surface area contributed by atoms with Crippen molar-refractivity contribution in [2.75, 3.05) is 46.6 Å². The van der Waals surface area contributed by atoms with Gasteiger partial charge in [-0.2, -0.15) is 0 Å². The van der Waals surface area contributed by atoms with Gasteiger partial charge in [-0.05, 0) is 26.3 Å². The molecule has 0 radical (unpaired) electrons. The first-order valence-corrected chi connectivity index (χ1v) is 8.47. The van der Waals surface area contributed by atoms with E-state index in [4.69, 9.17) is 14.2 Å². The lowest BCUT2D eigenvalue weighted by Crippen LogP contribution is -2.38. The van der Waals surface area contributed by atoms with Crippen LogP contribution in [0, 0.1) is 0 Å². The predicted octanol–water partition coefficient (Wildman–Crippen LogP) is 1.59. The summed E-state index contributed by atoms with van der Waals surface area (Å²) in [5.41, 5.74) is 0.945. The number of rotatable bonds is 12. The van der Waals surface area contributed by atoms with Crippen LogP contribution in [0.15, 0.2) is 23.3 Å². The van der Waals surface area contributed by atoms with Crippen LogP contribution >= 0.6 is 0 Å². The molecule has 7 nitrogen and oxygen atoms in total. The number of methoxy groups -OCH3 is 1. The number of aromatic nitrogens is 1. The van der Waals surface area contributed by atoms with Crippen molar-refractivity contribution < 1.29 is 14.2 Å². The number of nitrogens with zero attached hydrogens (tertiary/aromatic N) is 2. The second-order valence-electron chi connectivity index (χ2n) is 4.98. The largest absolute Gasteiger partial charge is 0.475 e. The highest BCUT2D eigenvalue weighted by Gasteiger charge is 2.05. The molecule has 2 N–H and O–H groups in total. The molecule has 0 aromatic carbocycles. The molecule has 0 spiro atoms. The summed E-state index contributed by atoms with van der Waals surface area (Å²) in [5, 5.41) is 6.53. The highest BCUT2D eigenvalue weighted by Crippen LogP contribution is 2.15. The van der Waals surface area contributed by atoms with Crippen molar-refractivity contribution in [1.29, 1.82) is 0 Å². The summed E-state index contributed by atoms with van der Waals surface area (Å²) >= 11 is 0. The normalized spacial score (nSPS) is 11.4. The van der Waals surface area contributed by atoms with Gasteiger partial charge in [0.2, 0.25) is 5.88 Å². The lowest BCUT2D eigenvalue weighted by Gasteiger charge is -2.12. The molecule has 0 atom stereocenters. The molecule has 1 rings (SSSR count). The summed E-state index contributed by atoms with van der Waals surface area (Å²) in [6, 6.07) is 3.85. The Morgan fingerprint density at radius 1 is 1.21 bits per heavy atom. The Bertz CT molecular complexity index is 469. The number of pyridine rings is 1. The Balaban J connectivity index is 2.55. The van der Waals surface area contributed by atoms with Crippen molar-refractivity contribution in [2.45, 2.75) is 26.8 Å². The SMILES string of the molecule is CCNC(=NCc1cccnc1OCCOC)NCCCOCC. The van der Waals surface area contributed by atoms with E-state index in [1.54, 1.807) is 13.3 Å². The first-order valence-electron chi connectivity index (χ1n) is 8.47. The Hall–Kier alpha value is -1.86. The van der Waals surface area contributed by atoms with E-state index in [0.29, 0.717) is 25.6 Å². The van der Waals surface area contributed by atoms with Crippen molar-refractivity contribution in [2.24, 2.45) is 4.99 Å². The zero-order chi connectivity index (χ0) is 17.5. The van der Waals surface area contributed by atoms with E-state index in [-0.39, 0.29) is 0 Å². The quantitative estimate of drug-likeness (QED) is 0.342. The molecule has 0 unspecified atom stereocenters. The Morgan fingerprint density at radius 3 is 2.83 bits per heavy atom. The third-order valence-electron chi connectivity index (χ3n) is 3.09. The highest BCUT2D eigenvalue weighted by atomic mass is 16.5. The number of guanidine groups is 1. The molecule has 24 heavy (non-hydrogen) atoms. The molecule has 1 heterocycles. The highest BCUT2D eigenvalue weighted by molar-refractivity contribution is 5.79. The van der Waals surface area contributed by atoms with E-state index in [0.717, 1.165) is 44.2 Å². The van der Waals surface area contributed by atoms with Crippen LogP contribution < -0.4 is 15.4 Å². The van der Waals surface area contributed by atoms with E-state index in [9.17, 15) is 0 Å². The van der Waals surface area contributed by atoms with E-state index < -0.39 is 0 Å². The molecule has 0 saturated heterocycles.